The molecular formula is C40H80N2O6P+. The summed E-state index contributed by atoms with van der Waals surface area (Å²) in [5.41, 5.74) is 0. The van der Waals surface area contributed by atoms with Gasteiger partial charge in [0.15, 0.2) is 0 Å². The highest BCUT2D eigenvalue weighted by molar-refractivity contribution is 7.47. The van der Waals surface area contributed by atoms with Crippen LogP contribution in [0.15, 0.2) is 24.3 Å². The van der Waals surface area contributed by atoms with Gasteiger partial charge in [0.1, 0.15) is 13.2 Å². The Morgan fingerprint density at radius 3 is 1.57 bits per heavy atom. The van der Waals surface area contributed by atoms with E-state index in [2.05, 4.69) is 31.3 Å². The third kappa shape index (κ3) is 35.2. The number of carbonyl (C=O) groups excluding carboxylic acids is 1. The molecule has 0 aromatic carbocycles. The smallest absolute Gasteiger partial charge is 0.387 e. The first-order valence-corrected chi connectivity index (χ1v) is 21.7. The number of carbonyl (C=O) groups is 1. The summed E-state index contributed by atoms with van der Waals surface area (Å²) in [5, 5.41) is 13.7. The molecule has 49 heavy (non-hydrogen) atoms. The van der Waals surface area contributed by atoms with Crippen LogP contribution < -0.4 is 5.32 Å². The van der Waals surface area contributed by atoms with Crippen LogP contribution in [0.3, 0.4) is 0 Å². The molecule has 290 valence electrons. The van der Waals surface area contributed by atoms with E-state index in [9.17, 15) is 19.4 Å². The van der Waals surface area contributed by atoms with Crippen LogP contribution in [0.25, 0.3) is 0 Å². The van der Waals surface area contributed by atoms with Crippen molar-refractivity contribution in [3.05, 3.63) is 24.3 Å². The summed E-state index contributed by atoms with van der Waals surface area (Å²) in [5.74, 6) is -0.185. The lowest BCUT2D eigenvalue weighted by Crippen LogP contribution is -2.45. The van der Waals surface area contributed by atoms with E-state index in [0.717, 1.165) is 38.5 Å². The van der Waals surface area contributed by atoms with E-state index in [4.69, 9.17) is 9.05 Å². The number of amides is 1. The van der Waals surface area contributed by atoms with Gasteiger partial charge in [-0.15, -0.1) is 0 Å². The number of unbranched alkanes of at least 4 members (excludes halogenated alkanes) is 21. The lowest BCUT2D eigenvalue weighted by molar-refractivity contribution is -0.870. The SMILES string of the molecule is CCCCCCCC/C=C/CCCCCCCCCC(=O)N[C@@H](COP(=O)(O)OCC[N+](C)(C)C)[C@H](O)/C=C/CCCCCCCCCC. The van der Waals surface area contributed by atoms with Gasteiger partial charge in [-0.3, -0.25) is 13.8 Å². The molecule has 0 radical (unpaired) electrons. The van der Waals surface area contributed by atoms with Gasteiger partial charge in [-0.25, -0.2) is 4.57 Å². The van der Waals surface area contributed by atoms with Crippen molar-refractivity contribution in [2.75, 3.05) is 40.9 Å². The molecule has 1 unspecified atom stereocenters. The summed E-state index contributed by atoms with van der Waals surface area (Å²) in [7, 11) is 1.57. The highest BCUT2D eigenvalue weighted by atomic mass is 31.2. The molecule has 1 amide bonds. The zero-order valence-corrected chi connectivity index (χ0v) is 33.6. The third-order valence-corrected chi connectivity index (χ3v) is 9.90. The van der Waals surface area contributed by atoms with Crippen LogP contribution >= 0.6 is 7.82 Å². The van der Waals surface area contributed by atoms with Gasteiger partial charge in [0.25, 0.3) is 0 Å². The van der Waals surface area contributed by atoms with Gasteiger partial charge in [-0.2, -0.15) is 0 Å². The fraction of sp³-hybridized carbons (Fsp3) is 0.875. The molecule has 0 aliphatic heterocycles. The number of aliphatic hydroxyl groups is 1. The molecule has 0 heterocycles. The molecule has 0 saturated heterocycles. The highest BCUT2D eigenvalue weighted by Crippen LogP contribution is 2.43. The number of phosphoric ester groups is 1. The molecule has 8 nitrogen and oxygen atoms in total. The third-order valence-electron chi connectivity index (χ3n) is 8.92. The van der Waals surface area contributed by atoms with E-state index < -0.39 is 20.0 Å². The predicted octanol–water partition coefficient (Wildman–Crippen LogP) is 10.6. The van der Waals surface area contributed by atoms with Crippen molar-refractivity contribution in [1.29, 1.82) is 0 Å². The van der Waals surface area contributed by atoms with Crippen LogP contribution in [0.4, 0.5) is 0 Å². The van der Waals surface area contributed by atoms with Gasteiger partial charge in [-0.05, 0) is 44.9 Å². The molecule has 0 aliphatic rings. The van der Waals surface area contributed by atoms with E-state index in [1.54, 1.807) is 6.08 Å². The fourth-order valence-electron chi connectivity index (χ4n) is 5.62. The Kier molecular flexibility index (Phi) is 32.2. The Morgan fingerprint density at radius 2 is 1.10 bits per heavy atom. The Hall–Kier alpha value is -1.02. The minimum absolute atomic E-state index is 0.0612. The standard InChI is InChI=1S/C40H79N2O6P/c1-6-8-10-12-14-16-18-19-20-21-22-23-24-26-28-30-32-34-40(44)41-38(37-48-49(45,46)47-36-35-42(3,4)5)39(43)33-31-29-27-25-17-15-13-11-9-7-2/h19-20,31,33,38-39,43H,6-18,21-30,32,34-37H2,1-5H3,(H-,41,44,45,46)/p+1/b20-19+,33-31+/t38-,39+/m0/s1. The van der Waals surface area contributed by atoms with E-state index in [1.807, 2.05) is 27.2 Å². The Bertz CT molecular complexity index is 860. The average molecular weight is 716 g/mol. The lowest BCUT2D eigenvalue weighted by atomic mass is 10.1. The fourth-order valence-corrected chi connectivity index (χ4v) is 6.36. The molecule has 0 bridgehead atoms. The van der Waals surface area contributed by atoms with Crippen molar-refractivity contribution in [1.82, 2.24) is 5.32 Å². The quantitative estimate of drug-likeness (QED) is 0.0258. The van der Waals surface area contributed by atoms with E-state index >= 15 is 0 Å². The number of aliphatic hydroxyl groups excluding tert-OH is 1. The maximum atomic E-state index is 12.8. The van der Waals surface area contributed by atoms with Crippen LogP contribution in [0, 0.1) is 0 Å². The molecule has 0 aromatic rings. The molecule has 0 saturated carbocycles. The Morgan fingerprint density at radius 1 is 0.673 bits per heavy atom. The van der Waals surface area contributed by atoms with Crippen molar-refractivity contribution >= 4 is 13.7 Å². The number of quaternary nitrogens is 1. The van der Waals surface area contributed by atoms with Crippen molar-refractivity contribution in [2.24, 2.45) is 0 Å². The molecule has 9 heteroatoms. The van der Waals surface area contributed by atoms with Gasteiger partial charge in [-0.1, -0.05) is 147 Å². The lowest BCUT2D eigenvalue weighted by Gasteiger charge is -2.25. The molecule has 0 aliphatic carbocycles. The number of phosphoric acid groups is 1. The summed E-state index contributed by atoms with van der Waals surface area (Å²) < 4.78 is 23.4. The largest absolute Gasteiger partial charge is 0.472 e. The van der Waals surface area contributed by atoms with Crippen LogP contribution in [-0.2, 0) is 18.4 Å². The molecular weight excluding hydrogens is 635 g/mol. The van der Waals surface area contributed by atoms with Crippen molar-refractivity contribution in [3.8, 4) is 0 Å². The first-order valence-electron chi connectivity index (χ1n) is 20.2. The molecule has 0 aromatic heterocycles. The summed E-state index contributed by atoms with van der Waals surface area (Å²) >= 11 is 0. The van der Waals surface area contributed by atoms with Crippen LogP contribution in [-0.4, -0.2) is 73.4 Å². The topological polar surface area (TPSA) is 105 Å². The number of nitrogens with zero attached hydrogens (tertiary/aromatic N) is 1. The Balaban J connectivity index is 4.43. The zero-order valence-electron chi connectivity index (χ0n) is 32.7. The average Bonchev–Trinajstić information content (AvgIpc) is 3.04. The molecule has 3 N–H and O–H groups in total. The van der Waals surface area contributed by atoms with Gasteiger partial charge in [0.05, 0.1) is 39.9 Å². The van der Waals surface area contributed by atoms with Gasteiger partial charge >= 0.3 is 7.82 Å². The highest BCUT2D eigenvalue weighted by Gasteiger charge is 2.27. The first kappa shape index (κ1) is 48.0. The van der Waals surface area contributed by atoms with Crippen LogP contribution in [0.1, 0.15) is 174 Å². The first-order chi connectivity index (χ1) is 23.5. The second-order valence-electron chi connectivity index (χ2n) is 15.0. The van der Waals surface area contributed by atoms with Gasteiger partial charge in [0.2, 0.25) is 5.91 Å². The Labute approximate surface area is 303 Å². The molecule has 0 rings (SSSR count). The van der Waals surface area contributed by atoms with E-state index in [0.29, 0.717) is 17.4 Å². The number of hydrogen-bond acceptors (Lipinski definition) is 5. The van der Waals surface area contributed by atoms with Crippen molar-refractivity contribution in [2.45, 2.75) is 187 Å². The number of hydrogen-bond donors (Lipinski definition) is 3. The number of nitrogens with one attached hydrogen (secondary N) is 1. The number of rotatable bonds is 36. The summed E-state index contributed by atoms with van der Waals surface area (Å²) in [6.45, 7) is 4.77. The second kappa shape index (κ2) is 32.9. The summed E-state index contributed by atoms with van der Waals surface area (Å²) in [6, 6.07) is -0.843. The summed E-state index contributed by atoms with van der Waals surface area (Å²) in [4.78, 5) is 23.0. The number of allylic oxidation sites excluding steroid dienone is 3. The normalized spacial score (nSPS) is 14.8. The maximum Gasteiger partial charge on any atom is 0.472 e. The molecule has 0 spiro atoms. The molecule has 3 atom stereocenters. The van der Waals surface area contributed by atoms with Gasteiger partial charge < -0.3 is 19.8 Å². The second-order valence-corrected chi connectivity index (χ2v) is 16.5. The van der Waals surface area contributed by atoms with Gasteiger partial charge in [0, 0.05) is 6.42 Å². The van der Waals surface area contributed by atoms with Crippen LogP contribution in [0.5, 0.6) is 0 Å². The van der Waals surface area contributed by atoms with E-state index in [1.165, 1.54) is 116 Å². The molecule has 0 fully saturated rings. The minimum Gasteiger partial charge on any atom is -0.387 e. The number of likely N-dealkylation sites (N-methyl/N-ethyl adjacent to an activating group) is 1. The van der Waals surface area contributed by atoms with Crippen LogP contribution in [0.2, 0.25) is 0 Å². The van der Waals surface area contributed by atoms with Crippen molar-refractivity contribution < 1.29 is 32.9 Å². The predicted molar refractivity (Wildman–Crippen MR) is 208 cm³/mol. The summed E-state index contributed by atoms with van der Waals surface area (Å²) in [6.07, 6.45) is 36.7. The van der Waals surface area contributed by atoms with E-state index in [-0.39, 0.29) is 19.1 Å². The minimum atomic E-state index is -4.33. The maximum absolute atomic E-state index is 12.8. The zero-order chi connectivity index (χ0) is 36.5. The monoisotopic (exact) mass is 716 g/mol. The van der Waals surface area contributed by atoms with Crippen molar-refractivity contribution in [3.63, 3.8) is 0 Å².